The largest absolute Gasteiger partial charge is 0.481 e. The monoisotopic (exact) mass is 394 g/mol. The molecule has 1 N–H and O–H groups in total. The lowest BCUT2D eigenvalue weighted by Gasteiger charge is -2.25. The molecule has 0 amide bonds. The maximum Gasteiger partial charge on any atom is 0.311 e. The van der Waals surface area contributed by atoms with Gasteiger partial charge in [0, 0.05) is 0 Å². The van der Waals surface area contributed by atoms with E-state index in [1.165, 1.54) is 53.0 Å². The van der Waals surface area contributed by atoms with Crippen LogP contribution in [-0.2, 0) is 11.2 Å². The Morgan fingerprint density at radius 1 is 1.21 bits per heavy atom. The summed E-state index contributed by atoms with van der Waals surface area (Å²) in [7, 11) is 0.921. The fourth-order valence-electron chi connectivity index (χ4n) is 4.69. The molecule has 1 saturated carbocycles. The van der Waals surface area contributed by atoms with E-state index in [2.05, 4.69) is 51.1 Å². The Kier molecular flexibility index (Phi) is 5.61. The minimum Gasteiger partial charge on any atom is -0.481 e. The number of benzene rings is 2. The van der Waals surface area contributed by atoms with Crippen molar-refractivity contribution >= 4 is 19.9 Å². The zero-order chi connectivity index (χ0) is 19.8. The van der Waals surface area contributed by atoms with Crippen molar-refractivity contribution in [2.45, 2.75) is 64.7 Å². The molecule has 2 nitrogen and oxygen atoms in total. The summed E-state index contributed by atoms with van der Waals surface area (Å²) in [4.78, 5) is 12.3. The van der Waals surface area contributed by atoms with Gasteiger partial charge in [0.25, 0.3) is 0 Å². The van der Waals surface area contributed by atoms with Gasteiger partial charge in [0.05, 0.1) is 5.92 Å². The smallest absolute Gasteiger partial charge is 0.311 e. The summed E-state index contributed by atoms with van der Waals surface area (Å²) in [5.74, 6) is -0.180. The van der Waals surface area contributed by atoms with E-state index < -0.39 is 11.9 Å². The molecule has 2 aromatic rings. The Morgan fingerprint density at radius 2 is 2.00 bits per heavy atom. The molecule has 1 aliphatic carbocycles. The number of hydrogen-bond donors (Lipinski definition) is 1. The van der Waals surface area contributed by atoms with Crippen molar-refractivity contribution < 1.29 is 9.90 Å². The van der Waals surface area contributed by atoms with E-state index in [0.29, 0.717) is 18.3 Å². The van der Waals surface area contributed by atoms with Crippen molar-refractivity contribution in [2.24, 2.45) is 5.92 Å². The van der Waals surface area contributed by atoms with Crippen LogP contribution >= 0.6 is 8.58 Å². The molecule has 148 valence electrons. The summed E-state index contributed by atoms with van der Waals surface area (Å²) in [5, 5.41) is 11.6. The van der Waals surface area contributed by atoms with Gasteiger partial charge in [-0.2, -0.15) is 0 Å². The van der Waals surface area contributed by atoms with Crippen LogP contribution in [0.1, 0.15) is 73.6 Å². The van der Waals surface area contributed by atoms with Gasteiger partial charge in [-0.15, -0.1) is 0 Å². The second kappa shape index (κ2) is 7.99. The number of aliphatic carboxylic acids is 1. The van der Waals surface area contributed by atoms with Gasteiger partial charge >= 0.3 is 5.97 Å². The van der Waals surface area contributed by atoms with E-state index in [1.54, 1.807) is 0 Å². The van der Waals surface area contributed by atoms with Crippen LogP contribution in [0.15, 0.2) is 30.3 Å². The third-order valence-corrected chi connectivity index (χ3v) is 7.67. The molecule has 1 fully saturated rings. The van der Waals surface area contributed by atoms with E-state index >= 15 is 0 Å². The fraction of sp³-hybridized carbons (Fsp3) is 0.480. The topological polar surface area (TPSA) is 37.3 Å². The van der Waals surface area contributed by atoms with Crippen LogP contribution in [0, 0.1) is 12.8 Å². The van der Waals surface area contributed by atoms with Crippen LogP contribution in [-0.4, -0.2) is 17.2 Å². The second-order valence-corrected chi connectivity index (χ2v) is 10.3. The molecule has 0 bridgehead atoms. The third-order valence-electron chi connectivity index (χ3n) is 6.20. The molecule has 0 radical (unpaired) electrons. The second-order valence-electron chi connectivity index (χ2n) is 8.96. The maximum absolute atomic E-state index is 12.3. The van der Waals surface area contributed by atoms with Gasteiger partial charge in [-0.3, -0.25) is 4.79 Å². The van der Waals surface area contributed by atoms with Gasteiger partial charge in [-0.1, -0.05) is 52.8 Å². The number of rotatable bonds is 6. The van der Waals surface area contributed by atoms with Crippen LogP contribution in [0.2, 0.25) is 0 Å². The molecular weight excluding hydrogens is 363 g/mol. The van der Waals surface area contributed by atoms with E-state index in [1.807, 2.05) is 0 Å². The zero-order valence-electron chi connectivity index (χ0n) is 17.2. The first-order chi connectivity index (χ1) is 13.5. The van der Waals surface area contributed by atoms with Crippen LogP contribution in [0.3, 0.4) is 0 Å². The summed E-state index contributed by atoms with van der Waals surface area (Å²) in [5.41, 5.74) is 7.49. The number of carbonyl (C=O) groups is 1. The van der Waals surface area contributed by atoms with Crippen LogP contribution in [0.4, 0.5) is 0 Å². The molecule has 0 saturated heterocycles. The molecule has 2 unspecified atom stereocenters. The molecule has 3 heteroatoms. The SMILES string of the molecule is Cc1ccc(C2CC2)c(-c2ccc3c(c2)CCCP3)c1C(CC(C)C)C(=O)O. The van der Waals surface area contributed by atoms with Gasteiger partial charge in [-0.25, -0.2) is 0 Å². The van der Waals surface area contributed by atoms with E-state index in [-0.39, 0.29) is 0 Å². The Morgan fingerprint density at radius 3 is 2.68 bits per heavy atom. The first-order valence-electron chi connectivity index (χ1n) is 10.7. The van der Waals surface area contributed by atoms with Crippen LogP contribution in [0.5, 0.6) is 0 Å². The molecule has 4 rings (SSSR count). The summed E-state index contributed by atoms with van der Waals surface area (Å²) >= 11 is 0. The van der Waals surface area contributed by atoms with Crippen molar-refractivity contribution in [1.82, 2.24) is 0 Å². The average Bonchev–Trinajstić information content (AvgIpc) is 3.50. The van der Waals surface area contributed by atoms with Crippen LogP contribution < -0.4 is 5.30 Å². The van der Waals surface area contributed by atoms with Crippen molar-refractivity contribution in [3.63, 3.8) is 0 Å². The zero-order valence-corrected chi connectivity index (χ0v) is 18.2. The lowest BCUT2D eigenvalue weighted by Crippen LogP contribution is -2.17. The lowest BCUT2D eigenvalue weighted by molar-refractivity contribution is -0.139. The molecule has 1 heterocycles. The Hall–Kier alpha value is -1.66. The minimum absolute atomic E-state index is 0.350. The molecule has 2 atom stereocenters. The van der Waals surface area contributed by atoms with Gasteiger partial charge in [0.2, 0.25) is 0 Å². The maximum atomic E-state index is 12.3. The highest BCUT2D eigenvalue weighted by atomic mass is 31.1. The highest BCUT2D eigenvalue weighted by Gasteiger charge is 2.32. The van der Waals surface area contributed by atoms with Crippen molar-refractivity contribution in [3.05, 3.63) is 52.6 Å². The van der Waals surface area contributed by atoms with Crippen molar-refractivity contribution in [3.8, 4) is 11.1 Å². The summed E-state index contributed by atoms with van der Waals surface area (Å²) < 4.78 is 0. The normalized spacial score (nSPS) is 18.3. The Bertz CT molecular complexity index is 896. The van der Waals surface area contributed by atoms with E-state index in [9.17, 15) is 9.90 Å². The molecular formula is C25H31O2P. The fourth-order valence-corrected chi connectivity index (χ4v) is 5.94. The van der Waals surface area contributed by atoms with Gasteiger partial charge in [-0.05, 0) is 95.7 Å². The highest BCUT2D eigenvalue weighted by Crippen LogP contribution is 2.48. The molecule has 0 spiro atoms. The lowest BCUT2D eigenvalue weighted by atomic mass is 9.79. The molecule has 28 heavy (non-hydrogen) atoms. The number of fused-ring (bicyclic) bond motifs is 1. The molecule has 2 aromatic carbocycles. The summed E-state index contributed by atoms with van der Waals surface area (Å²) in [6, 6.07) is 11.4. The number of carboxylic acids is 1. The molecule has 1 aliphatic heterocycles. The Labute approximate surface area is 170 Å². The minimum atomic E-state index is -0.689. The Balaban J connectivity index is 1.91. The summed E-state index contributed by atoms with van der Waals surface area (Å²) in [6.07, 6.45) is 6.88. The van der Waals surface area contributed by atoms with Crippen molar-refractivity contribution in [1.29, 1.82) is 0 Å². The van der Waals surface area contributed by atoms with E-state index in [4.69, 9.17) is 0 Å². The predicted octanol–water partition coefficient (Wildman–Crippen LogP) is 6.00. The summed E-state index contributed by atoms with van der Waals surface area (Å²) in [6.45, 7) is 6.33. The van der Waals surface area contributed by atoms with Gasteiger partial charge in [0.15, 0.2) is 0 Å². The first kappa shape index (κ1) is 19.6. The quantitative estimate of drug-likeness (QED) is 0.610. The standard InChI is InChI=1S/C25H31O2P/c1-15(2)13-21(25(26)27)23-16(3)6-10-20(17-7-8-17)24(23)19-9-11-22-18(14-19)5-4-12-28-22/h6,9-11,14-15,17,21,28H,4-5,7-8,12-13H2,1-3H3,(H,26,27). The van der Waals surface area contributed by atoms with Crippen molar-refractivity contribution in [2.75, 3.05) is 6.16 Å². The number of carboxylic acid groups (broad SMARTS) is 1. The molecule has 0 aromatic heterocycles. The van der Waals surface area contributed by atoms with Gasteiger partial charge in [0.1, 0.15) is 0 Å². The third kappa shape index (κ3) is 3.90. The predicted molar refractivity (Wildman–Crippen MR) is 120 cm³/mol. The highest BCUT2D eigenvalue weighted by molar-refractivity contribution is 7.47. The van der Waals surface area contributed by atoms with Crippen LogP contribution in [0.25, 0.3) is 11.1 Å². The number of hydrogen-bond acceptors (Lipinski definition) is 1. The average molecular weight is 394 g/mol. The van der Waals surface area contributed by atoms with E-state index in [0.717, 1.165) is 26.1 Å². The molecule has 2 aliphatic rings. The first-order valence-corrected chi connectivity index (χ1v) is 11.9. The van der Waals surface area contributed by atoms with Gasteiger partial charge < -0.3 is 5.11 Å². The number of aryl methyl sites for hydroxylation is 2.